The highest BCUT2D eigenvalue weighted by Crippen LogP contribution is 2.07. The summed E-state index contributed by atoms with van der Waals surface area (Å²) in [6.07, 6.45) is 3.04. The maximum absolute atomic E-state index is 11.6. The van der Waals surface area contributed by atoms with Crippen LogP contribution in [0.3, 0.4) is 0 Å². The molecule has 21 heavy (non-hydrogen) atoms. The van der Waals surface area contributed by atoms with Crippen molar-refractivity contribution >= 4 is 17.9 Å². The molecule has 0 bridgehead atoms. The third kappa shape index (κ3) is 4.99. The summed E-state index contributed by atoms with van der Waals surface area (Å²) in [5.74, 6) is 0.645. The van der Waals surface area contributed by atoms with Gasteiger partial charge in [-0.25, -0.2) is 0 Å². The van der Waals surface area contributed by atoms with Crippen LogP contribution in [0.2, 0.25) is 0 Å². The van der Waals surface area contributed by atoms with E-state index in [1.165, 1.54) is 12.2 Å². The molecule has 0 radical (unpaired) electrons. The number of furan rings is 1. The Bertz CT molecular complexity index is 645. The first-order valence-corrected chi connectivity index (χ1v) is 6.51. The Morgan fingerprint density at radius 1 is 1.10 bits per heavy atom. The van der Waals surface area contributed by atoms with Gasteiger partial charge >= 0.3 is 0 Å². The number of benzene rings is 1. The zero-order chi connectivity index (χ0) is 15.1. The Hall–Kier alpha value is -2.82. The number of hydrogen-bond donors (Lipinski definition) is 2. The number of hydrogen-bond acceptors (Lipinski definition) is 3. The number of carbonyl (C=O) groups excluding carboxylic acids is 2. The highest BCUT2D eigenvalue weighted by atomic mass is 16.3. The highest BCUT2D eigenvalue weighted by Gasteiger charge is 2.03. The Balaban J connectivity index is 1.76. The molecule has 0 aliphatic carbocycles. The molecule has 5 heteroatoms. The van der Waals surface area contributed by atoms with E-state index in [4.69, 9.17) is 4.42 Å². The summed E-state index contributed by atoms with van der Waals surface area (Å²) in [5.41, 5.74) is 5.55. The summed E-state index contributed by atoms with van der Waals surface area (Å²) in [7, 11) is 0. The monoisotopic (exact) mass is 284 g/mol. The van der Waals surface area contributed by atoms with E-state index in [9.17, 15) is 9.59 Å². The molecule has 0 saturated carbocycles. The van der Waals surface area contributed by atoms with Crippen LogP contribution in [0.25, 0.3) is 6.08 Å². The molecule has 0 atom stereocenters. The predicted molar refractivity (Wildman–Crippen MR) is 78.9 cm³/mol. The van der Waals surface area contributed by atoms with E-state index in [1.807, 2.05) is 37.3 Å². The zero-order valence-corrected chi connectivity index (χ0v) is 11.6. The van der Waals surface area contributed by atoms with Crippen LogP contribution in [0, 0.1) is 6.92 Å². The van der Waals surface area contributed by atoms with Crippen molar-refractivity contribution in [1.82, 2.24) is 10.9 Å². The van der Waals surface area contributed by atoms with Crippen molar-refractivity contribution in [1.29, 1.82) is 0 Å². The van der Waals surface area contributed by atoms with Gasteiger partial charge in [0, 0.05) is 6.08 Å². The Kier molecular flexibility index (Phi) is 4.93. The molecule has 0 aliphatic heterocycles. The summed E-state index contributed by atoms with van der Waals surface area (Å²) in [5, 5.41) is 0. The molecule has 0 fully saturated rings. The van der Waals surface area contributed by atoms with Gasteiger partial charge in [-0.1, -0.05) is 30.3 Å². The van der Waals surface area contributed by atoms with Crippen LogP contribution in [0.1, 0.15) is 17.1 Å². The molecular weight excluding hydrogens is 268 g/mol. The molecule has 1 aromatic heterocycles. The Morgan fingerprint density at radius 2 is 1.86 bits per heavy atom. The third-order valence-electron chi connectivity index (χ3n) is 2.69. The Labute approximate surface area is 122 Å². The lowest BCUT2D eigenvalue weighted by molar-refractivity contribution is -0.126. The number of rotatable bonds is 4. The van der Waals surface area contributed by atoms with Crippen LogP contribution in [-0.2, 0) is 16.0 Å². The minimum Gasteiger partial charge on any atom is -0.462 e. The van der Waals surface area contributed by atoms with Gasteiger partial charge in [-0.3, -0.25) is 20.4 Å². The number of hydrazine groups is 1. The van der Waals surface area contributed by atoms with Crippen molar-refractivity contribution in [2.45, 2.75) is 13.3 Å². The van der Waals surface area contributed by atoms with E-state index >= 15 is 0 Å². The van der Waals surface area contributed by atoms with Gasteiger partial charge in [0.1, 0.15) is 11.5 Å². The number of nitrogens with one attached hydrogen (secondary N) is 2. The average Bonchev–Trinajstić information content (AvgIpc) is 2.90. The summed E-state index contributed by atoms with van der Waals surface area (Å²) >= 11 is 0. The molecule has 0 unspecified atom stereocenters. The number of amides is 2. The molecule has 1 aromatic carbocycles. The van der Waals surface area contributed by atoms with Crippen LogP contribution in [0.15, 0.2) is 53.0 Å². The van der Waals surface area contributed by atoms with Gasteiger partial charge in [0.25, 0.3) is 5.91 Å². The largest absolute Gasteiger partial charge is 0.462 e. The highest BCUT2D eigenvalue weighted by molar-refractivity contribution is 5.93. The molecule has 2 rings (SSSR count). The first-order chi connectivity index (χ1) is 10.1. The van der Waals surface area contributed by atoms with Crippen LogP contribution in [0.5, 0.6) is 0 Å². The van der Waals surface area contributed by atoms with Crippen molar-refractivity contribution < 1.29 is 14.0 Å². The van der Waals surface area contributed by atoms with E-state index in [2.05, 4.69) is 10.9 Å². The SMILES string of the molecule is Cc1ccc(C=CC(=O)NNC(=O)Cc2ccccc2)o1. The maximum atomic E-state index is 11.6. The van der Waals surface area contributed by atoms with Crippen molar-refractivity contribution in [2.24, 2.45) is 0 Å². The first kappa shape index (κ1) is 14.6. The van der Waals surface area contributed by atoms with E-state index in [-0.39, 0.29) is 12.3 Å². The van der Waals surface area contributed by atoms with E-state index < -0.39 is 5.91 Å². The smallest absolute Gasteiger partial charge is 0.262 e. The van der Waals surface area contributed by atoms with E-state index in [0.717, 1.165) is 11.3 Å². The lowest BCUT2D eigenvalue weighted by Crippen LogP contribution is -2.41. The summed E-state index contributed by atoms with van der Waals surface area (Å²) < 4.78 is 5.28. The second kappa shape index (κ2) is 7.09. The van der Waals surface area contributed by atoms with E-state index in [0.29, 0.717) is 5.76 Å². The molecule has 1 heterocycles. The van der Waals surface area contributed by atoms with Crippen LogP contribution < -0.4 is 10.9 Å². The number of aryl methyl sites for hydroxylation is 1. The lowest BCUT2D eigenvalue weighted by atomic mass is 10.1. The van der Waals surface area contributed by atoms with Gasteiger partial charge in [0.2, 0.25) is 5.91 Å². The van der Waals surface area contributed by atoms with Gasteiger partial charge in [-0.15, -0.1) is 0 Å². The topological polar surface area (TPSA) is 71.3 Å². The van der Waals surface area contributed by atoms with E-state index in [1.54, 1.807) is 12.1 Å². The van der Waals surface area contributed by atoms with Gasteiger partial charge in [0.05, 0.1) is 6.42 Å². The van der Waals surface area contributed by atoms with Crippen LogP contribution in [0.4, 0.5) is 0 Å². The molecule has 0 saturated heterocycles. The van der Waals surface area contributed by atoms with Gasteiger partial charge in [0.15, 0.2) is 0 Å². The molecular formula is C16H16N2O3. The normalized spacial score (nSPS) is 10.5. The molecule has 0 spiro atoms. The quantitative estimate of drug-likeness (QED) is 0.666. The van der Waals surface area contributed by atoms with Gasteiger partial charge in [-0.05, 0) is 30.7 Å². The molecule has 2 aromatic rings. The lowest BCUT2D eigenvalue weighted by Gasteiger charge is -2.05. The third-order valence-corrected chi connectivity index (χ3v) is 2.69. The fourth-order valence-corrected chi connectivity index (χ4v) is 1.70. The summed E-state index contributed by atoms with van der Waals surface area (Å²) in [6, 6.07) is 12.8. The maximum Gasteiger partial charge on any atom is 0.262 e. The van der Waals surface area contributed by atoms with Crippen LogP contribution >= 0.6 is 0 Å². The van der Waals surface area contributed by atoms with Crippen molar-refractivity contribution in [3.8, 4) is 0 Å². The Morgan fingerprint density at radius 3 is 2.52 bits per heavy atom. The second-order valence-electron chi connectivity index (χ2n) is 4.48. The van der Waals surface area contributed by atoms with Crippen molar-refractivity contribution in [3.05, 3.63) is 65.6 Å². The molecule has 2 N–H and O–H groups in total. The first-order valence-electron chi connectivity index (χ1n) is 6.51. The predicted octanol–water partition coefficient (Wildman–Crippen LogP) is 1.99. The minimum absolute atomic E-state index is 0.211. The summed E-state index contributed by atoms with van der Waals surface area (Å²) in [4.78, 5) is 23.2. The van der Waals surface area contributed by atoms with Gasteiger partial charge < -0.3 is 4.42 Å². The fourth-order valence-electron chi connectivity index (χ4n) is 1.70. The minimum atomic E-state index is -0.425. The average molecular weight is 284 g/mol. The molecule has 108 valence electrons. The zero-order valence-electron chi connectivity index (χ0n) is 11.6. The fraction of sp³-hybridized carbons (Fsp3) is 0.125. The van der Waals surface area contributed by atoms with Gasteiger partial charge in [-0.2, -0.15) is 0 Å². The second-order valence-corrected chi connectivity index (χ2v) is 4.48. The van der Waals surface area contributed by atoms with Crippen molar-refractivity contribution in [3.63, 3.8) is 0 Å². The molecule has 2 amide bonds. The van der Waals surface area contributed by atoms with Crippen molar-refractivity contribution in [2.75, 3.05) is 0 Å². The summed E-state index contributed by atoms with van der Waals surface area (Å²) in [6.45, 7) is 1.82. The molecule has 5 nitrogen and oxygen atoms in total. The number of carbonyl (C=O) groups is 2. The van der Waals surface area contributed by atoms with Crippen LogP contribution in [-0.4, -0.2) is 11.8 Å². The standard InChI is InChI=1S/C16H16N2O3/c1-12-7-8-14(21-12)9-10-15(19)17-18-16(20)11-13-5-3-2-4-6-13/h2-10H,11H2,1H3,(H,17,19)(H,18,20). The molecule has 0 aliphatic rings.